The van der Waals surface area contributed by atoms with E-state index in [2.05, 4.69) is 15.3 Å². The molecule has 0 saturated carbocycles. The number of aromatic nitrogens is 2. The zero-order valence-corrected chi connectivity index (χ0v) is 16.4. The van der Waals surface area contributed by atoms with Crippen molar-refractivity contribution in [3.05, 3.63) is 48.2 Å². The number of rotatable bonds is 9. The summed E-state index contributed by atoms with van der Waals surface area (Å²) in [4.78, 5) is 31.1. The first-order chi connectivity index (χ1) is 14.4. The molecule has 1 amide bonds. The van der Waals surface area contributed by atoms with Crippen LogP contribution in [0.5, 0.6) is 11.6 Å². The third-order valence-corrected chi connectivity index (χ3v) is 4.08. The minimum atomic E-state index is -1.08. The zero-order valence-electron chi connectivity index (χ0n) is 16.4. The molecular weight excluding hydrogens is 388 g/mol. The van der Waals surface area contributed by atoms with Crippen molar-refractivity contribution >= 4 is 22.6 Å². The van der Waals surface area contributed by atoms with E-state index in [1.165, 1.54) is 0 Å². The number of hydrogen-bond acceptors (Lipinski definition) is 7. The van der Waals surface area contributed by atoms with E-state index in [-0.39, 0.29) is 18.4 Å². The number of carboxylic acid groups (broad SMARTS) is 1. The number of nitrogens with two attached hydrogens (primary N) is 1. The van der Waals surface area contributed by atoms with Crippen LogP contribution in [0.4, 0.5) is 0 Å². The summed E-state index contributed by atoms with van der Waals surface area (Å²) in [6.45, 7) is 2.02. The van der Waals surface area contributed by atoms with Crippen molar-refractivity contribution in [1.29, 1.82) is 0 Å². The molecule has 30 heavy (non-hydrogen) atoms. The molecule has 0 bridgehead atoms. The third-order valence-electron chi connectivity index (χ3n) is 4.08. The van der Waals surface area contributed by atoms with E-state index in [1.807, 2.05) is 30.3 Å². The number of carbonyl (C=O) groups is 2. The highest BCUT2D eigenvalue weighted by molar-refractivity contribution is 5.87. The molecule has 3 rings (SSSR count). The van der Waals surface area contributed by atoms with Gasteiger partial charge in [-0.3, -0.25) is 4.79 Å². The Balaban J connectivity index is 1.77. The van der Waals surface area contributed by atoms with Crippen molar-refractivity contribution < 1.29 is 24.2 Å². The lowest BCUT2D eigenvalue weighted by atomic mass is 10.1. The number of carboxylic acids is 1. The van der Waals surface area contributed by atoms with Crippen molar-refractivity contribution in [2.75, 3.05) is 26.3 Å². The number of aliphatic carboxylic acids is 1. The lowest BCUT2D eigenvalue weighted by Crippen LogP contribution is -2.32. The molecule has 9 nitrogen and oxygen atoms in total. The van der Waals surface area contributed by atoms with Gasteiger partial charge in [0.25, 0.3) is 5.91 Å². The van der Waals surface area contributed by atoms with Gasteiger partial charge in [0.2, 0.25) is 5.88 Å². The molecule has 0 aliphatic carbocycles. The number of benzene rings is 2. The Hall–Kier alpha value is -3.72. The van der Waals surface area contributed by atoms with Gasteiger partial charge in [-0.05, 0) is 35.9 Å². The number of hydrogen-bond donors (Lipinski definition) is 3. The Labute approximate surface area is 172 Å². The fourth-order valence-electron chi connectivity index (χ4n) is 2.74. The minimum absolute atomic E-state index is 0.0835. The number of ether oxygens (including phenoxy) is 2. The lowest BCUT2D eigenvalue weighted by Gasteiger charge is -2.09. The monoisotopic (exact) mass is 410 g/mol. The topological polar surface area (TPSA) is 137 Å². The molecule has 0 aliphatic heterocycles. The van der Waals surface area contributed by atoms with E-state index in [0.29, 0.717) is 30.4 Å². The molecule has 2 aromatic carbocycles. The number of nitrogens with one attached hydrogen (secondary N) is 1. The molecule has 9 heteroatoms. The van der Waals surface area contributed by atoms with Crippen LogP contribution in [-0.2, 0) is 9.59 Å². The van der Waals surface area contributed by atoms with Crippen molar-refractivity contribution in [3.8, 4) is 23.0 Å². The third kappa shape index (κ3) is 5.65. The molecule has 0 aliphatic rings. The number of aryl methyl sites for hydroxylation is 1. The molecular formula is C21H22N4O5. The van der Waals surface area contributed by atoms with Gasteiger partial charge in [-0.25, -0.2) is 9.78 Å². The molecule has 3 aromatic rings. The number of carbonyl (C=O) groups excluding carboxylic acids is 1. The van der Waals surface area contributed by atoms with E-state index < -0.39 is 12.6 Å². The average Bonchev–Trinajstić information content (AvgIpc) is 2.74. The molecule has 0 radical (unpaired) electrons. The van der Waals surface area contributed by atoms with Gasteiger partial charge in [-0.2, -0.15) is 4.98 Å². The van der Waals surface area contributed by atoms with Crippen LogP contribution in [0.1, 0.15) is 5.69 Å². The summed E-state index contributed by atoms with van der Waals surface area (Å²) in [5.41, 5.74) is 6.78. The molecule has 156 valence electrons. The van der Waals surface area contributed by atoms with Crippen LogP contribution in [0, 0.1) is 6.92 Å². The minimum Gasteiger partial charge on any atom is -0.484 e. The van der Waals surface area contributed by atoms with Crippen LogP contribution in [0.3, 0.4) is 0 Å². The summed E-state index contributed by atoms with van der Waals surface area (Å²) in [5.74, 6) is -0.0815. The second kappa shape index (κ2) is 9.66. The van der Waals surface area contributed by atoms with E-state index >= 15 is 0 Å². The summed E-state index contributed by atoms with van der Waals surface area (Å²) >= 11 is 0. The Bertz CT molecular complexity index is 1070. The highest BCUT2D eigenvalue weighted by Crippen LogP contribution is 2.26. The molecule has 0 atom stereocenters. The second-order valence-electron chi connectivity index (χ2n) is 6.50. The Kier molecular flexibility index (Phi) is 6.76. The van der Waals surface area contributed by atoms with Gasteiger partial charge in [0.15, 0.2) is 19.0 Å². The van der Waals surface area contributed by atoms with Crippen LogP contribution in [0.25, 0.3) is 22.2 Å². The number of nitrogens with zero attached hydrogens (tertiary/aromatic N) is 2. The first kappa shape index (κ1) is 21.0. The fraction of sp³-hybridized carbons (Fsp3) is 0.238. The average molecular weight is 410 g/mol. The van der Waals surface area contributed by atoms with E-state index in [4.69, 9.17) is 20.3 Å². The maximum Gasteiger partial charge on any atom is 0.341 e. The van der Waals surface area contributed by atoms with Gasteiger partial charge in [0.1, 0.15) is 5.75 Å². The highest BCUT2D eigenvalue weighted by atomic mass is 16.5. The number of fused-ring (bicyclic) bond motifs is 1. The Morgan fingerprint density at radius 1 is 1.03 bits per heavy atom. The molecule has 0 saturated heterocycles. The van der Waals surface area contributed by atoms with Crippen molar-refractivity contribution in [1.82, 2.24) is 15.3 Å². The predicted octanol–water partition coefficient (Wildman–Crippen LogP) is 1.52. The van der Waals surface area contributed by atoms with E-state index in [1.54, 1.807) is 19.1 Å². The summed E-state index contributed by atoms with van der Waals surface area (Å²) in [6, 6.07) is 12.8. The molecule has 0 spiro atoms. The van der Waals surface area contributed by atoms with Gasteiger partial charge >= 0.3 is 5.97 Å². The summed E-state index contributed by atoms with van der Waals surface area (Å²) in [5, 5.41) is 13.3. The van der Waals surface area contributed by atoms with Crippen LogP contribution >= 0.6 is 0 Å². The second-order valence-corrected chi connectivity index (χ2v) is 6.50. The lowest BCUT2D eigenvalue weighted by molar-refractivity contribution is -0.139. The standard InChI is InChI=1S/C21H22N4O5/c1-13-8-19(30-12-20(27)28)25-21(24-13)16-3-2-15-10-17(5-4-14(15)9-16)29-11-18(26)23-7-6-22/h2-5,8-10H,6-7,11-12,22H2,1H3,(H,23,26)(H,27,28). The maximum atomic E-state index is 11.6. The normalized spacial score (nSPS) is 10.6. The van der Waals surface area contributed by atoms with Crippen LogP contribution in [-0.4, -0.2) is 53.3 Å². The van der Waals surface area contributed by atoms with Crippen LogP contribution in [0.15, 0.2) is 42.5 Å². The SMILES string of the molecule is Cc1cc(OCC(=O)O)nc(-c2ccc3cc(OCC(=O)NCCN)ccc3c2)n1. The van der Waals surface area contributed by atoms with Crippen LogP contribution in [0.2, 0.25) is 0 Å². The highest BCUT2D eigenvalue weighted by Gasteiger charge is 2.09. The largest absolute Gasteiger partial charge is 0.484 e. The molecule has 4 N–H and O–H groups in total. The zero-order chi connectivity index (χ0) is 21.5. The van der Waals surface area contributed by atoms with Crippen molar-refractivity contribution in [3.63, 3.8) is 0 Å². The Morgan fingerprint density at radius 2 is 1.80 bits per heavy atom. The van der Waals surface area contributed by atoms with Gasteiger partial charge in [0.05, 0.1) is 0 Å². The molecule has 0 fully saturated rings. The van der Waals surface area contributed by atoms with E-state index in [0.717, 1.165) is 16.3 Å². The smallest absolute Gasteiger partial charge is 0.341 e. The van der Waals surface area contributed by atoms with E-state index in [9.17, 15) is 9.59 Å². The Morgan fingerprint density at radius 3 is 2.57 bits per heavy atom. The summed E-state index contributed by atoms with van der Waals surface area (Å²) in [7, 11) is 0. The van der Waals surface area contributed by atoms with Gasteiger partial charge in [-0.1, -0.05) is 18.2 Å². The first-order valence-electron chi connectivity index (χ1n) is 9.28. The quantitative estimate of drug-likeness (QED) is 0.483. The van der Waals surface area contributed by atoms with Gasteiger partial charge in [-0.15, -0.1) is 0 Å². The number of amides is 1. The fourth-order valence-corrected chi connectivity index (χ4v) is 2.74. The predicted molar refractivity (Wildman–Crippen MR) is 110 cm³/mol. The summed E-state index contributed by atoms with van der Waals surface area (Å²) < 4.78 is 10.7. The van der Waals surface area contributed by atoms with Crippen LogP contribution < -0.4 is 20.5 Å². The van der Waals surface area contributed by atoms with Crippen molar-refractivity contribution in [2.45, 2.75) is 6.92 Å². The molecule has 1 aromatic heterocycles. The summed E-state index contributed by atoms with van der Waals surface area (Å²) in [6.07, 6.45) is 0. The molecule has 0 unspecified atom stereocenters. The van der Waals surface area contributed by atoms with Gasteiger partial charge in [0, 0.05) is 30.4 Å². The first-order valence-corrected chi connectivity index (χ1v) is 9.28. The molecule has 1 heterocycles. The van der Waals surface area contributed by atoms with Gasteiger partial charge < -0.3 is 25.6 Å². The maximum absolute atomic E-state index is 11.6. The van der Waals surface area contributed by atoms with Crippen molar-refractivity contribution in [2.24, 2.45) is 5.73 Å².